The molecule has 38 heavy (non-hydrogen) atoms. The van der Waals surface area contributed by atoms with Crippen molar-refractivity contribution in [1.82, 2.24) is 19.5 Å². The fourth-order valence-corrected chi connectivity index (χ4v) is 5.06. The van der Waals surface area contributed by atoms with E-state index in [0.717, 1.165) is 18.5 Å². The normalized spacial score (nSPS) is 16.9. The SMILES string of the molecule is Fc1ccc(NC2CCN(c3nc(N4CCOCC4)nc(-n4c(C(F)F)cc5ccccc54)n3)CC2)cc1. The van der Waals surface area contributed by atoms with E-state index in [0.29, 0.717) is 62.2 Å². The second-order valence-electron chi connectivity index (χ2n) is 9.51. The van der Waals surface area contributed by atoms with Gasteiger partial charge in [-0.05, 0) is 49.2 Å². The number of benzene rings is 2. The van der Waals surface area contributed by atoms with Crippen LogP contribution in [0, 0.1) is 5.82 Å². The smallest absolute Gasteiger partial charge is 0.278 e. The minimum atomic E-state index is -2.69. The first-order valence-electron chi connectivity index (χ1n) is 12.8. The van der Waals surface area contributed by atoms with Gasteiger partial charge in [0.15, 0.2) is 0 Å². The standard InChI is InChI=1S/C27H28F3N7O/c28-19-5-7-20(8-6-19)31-21-9-11-35(12-10-21)25-32-26(36-13-15-38-16-14-36)34-27(33-25)37-22-4-2-1-3-18(22)17-23(37)24(29)30/h1-8,17,21,24,31H,9-16H2. The van der Waals surface area contributed by atoms with Crippen LogP contribution in [-0.2, 0) is 4.74 Å². The third-order valence-electron chi connectivity index (χ3n) is 7.05. The van der Waals surface area contributed by atoms with E-state index in [9.17, 15) is 13.2 Å². The molecule has 0 atom stereocenters. The van der Waals surface area contributed by atoms with E-state index in [-0.39, 0.29) is 23.5 Å². The topological polar surface area (TPSA) is 71.3 Å². The average molecular weight is 524 g/mol. The van der Waals surface area contributed by atoms with Crippen molar-refractivity contribution >= 4 is 28.5 Å². The van der Waals surface area contributed by atoms with E-state index in [1.54, 1.807) is 18.2 Å². The zero-order valence-corrected chi connectivity index (χ0v) is 20.7. The summed E-state index contributed by atoms with van der Waals surface area (Å²) in [5, 5.41) is 4.16. The number of anilines is 3. The Labute approximate surface area is 218 Å². The maximum absolute atomic E-state index is 14.1. The van der Waals surface area contributed by atoms with Crippen molar-refractivity contribution in [2.45, 2.75) is 25.3 Å². The van der Waals surface area contributed by atoms with Crippen LogP contribution in [0.3, 0.4) is 0 Å². The predicted molar refractivity (Wildman–Crippen MR) is 140 cm³/mol. The van der Waals surface area contributed by atoms with Crippen LogP contribution in [-0.4, -0.2) is 65.0 Å². The van der Waals surface area contributed by atoms with Gasteiger partial charge in [-0.15, -0.1) is 0 Å². The molecule has 0 amide bonds. The highest BCUT2D eigenvalue weighted by atomic mass is 19.3. The molecule has 2 aliphatic heterocycles. The van der Waals surface area contributed by atoms with Crippen LogP contribution in [0.4, 0.5) is 30.8 Å². The third kappa shape index (κ3) is 4.98. The van der Waals surface area contributed by atoms with Gasteiger partial charge >= 0.3 is 0 Å². The first kappa shape index (κ1) is 24.5. The van der Waals surface area contributed by atoms with Crippen LogP contribution in [0.15, 0.2) is 54.6 Å². The van der Waals surface area contributed by atoms with E-state index in [1.807, 2.05) is 23.1 Å². The van der Waals surface area contributed by atoms with E-state index >= 15 is 0 Å². The molecule has 198 valence electrons. The summed E-state index contributed by atoms with van der Waals surface area (Å²) in [6.07, 6.45) is -1.05. The van der Waals surface area contributed by atoms with Gasteiger partial charge in [0.2, 0.25) is 17.8 Å². The molecule has 2 saturated heterocycles. The molecule has 0 unspecified atom stereocenters. The molecule has 0 saturated carbocycles. The Morgan fingerprint density at radius 2 is 1.45 bits per heavy atom. The number of aromatic nitrogens is 4. The molecule has 0 radical (unpaired) electrons. The Hall–Kier alpha value is -3.86. The van der Waals surface area contributed by atoms with Crippen molar-refractivity contribution in [3.8, 4) is 5.95 Å². The number of hydrogen-bond acceptors (Lipinski definition) is 7. The molecule has 0 bridgehead atoms. The Bertz CT molecular complexity index is 1400. The molecular weight excluding hydrogens is 495 g/mol. The highest BCUT2D eigenvalue weighted by molar-refractivity contribution is 5.83. The lowest BCUT2D eigenvalue weighted by Crippen LogP contribution is -2.41. The lowest BCUT2D eigenvalue weighted by molar-refractivity contribution is 0.122. The summed E-state index contributed by atoms with van der Waals surface area (Å²) in [6, 6.07) is 15.3. The van der Waals surface area contributed by atoms with Gasteiger partial charge in [0.25, 0.3) is 6.43 Å². The summed E-state index contributed by atoms with van der Waals surface area (Å²) >= 11 is 0. The minimum Gasteiger partial charge on any atom is -0.382 e. The Morgan fingerprint density at radius 3 is 2.13 bits per heavy atom. The lowest BCUT2D eigenvalue weighted by Gasteiger charge is -2.34. The highest BCUT2D eigenvalue weighted by Gasteiger charge is 2.26. The Kier molecular flexibility index (Phi) is 6.75. The Morgan fingerprint density at radius 1 is 0.816 bits per heavy atom. The van der Waals surface area contributed by atoms with Gasteiger partial charge < -0.3 is 19.9 Å². The van der Waals surface area contributed by atoms with E-state index < -0.39 is 6.43 Å². The number of fused-ring (bicyclic) bond motifs is 1. The molecule has 2 aliphatic rings. The van der Waals surface area contributed by atoms with Crippen LogP contribution < -0.4 is 15.1 Å². The first-order chi connectivity index (χ1) is 18.5. The van der Waals surface area contributed by atoms with Crippen molar-refractivity contribution in [1.29, 1.82) is 0 Å². The number of hydrogen-bond donors (Lipinski definition) is 1. The van der Waals surface area contributed by atoms with Gasteiger partial charge in [-0.2, -0.15) is 15.0 Å². The molecule has 6 rings (SSSR count). The van der Waals surface area contributed by atoms with E-state index in [2.05, 4.69) is 15.2 Å². The van der Waals surface area contributed by atoms with E-state index in [4.69, 9.17) is 14.7 Å². The molecule has 4 heterocycles. The molecule has 1 N–H and O–H groups in total. The summed E-state index contributed by atoms with van der Waals surface area (Å²) < 4.78 is 48.5. The fourth-order valence-electron chi connectivity index (χ4n) is 5.06. The third-order valence-corrected chi connectivity index (χ3v) is 7.05. The van der Waals surface area contributed by atoms with Crippen molar-refractivity contribution in [2.75, 3.05) is 54.5 Å². The van der Waals surface area contributed by atoms with Gasteiger partial charge in [0.05, 0.1) is 24.4 Å². The summed E-state index contributed by atoms with van der Waals surface area (Å²) in [4.78, 5) is 18.3. The number of rotatable bonds is 6. The van der Waals surface area contributed by atoms with Gasteiger partial charge in [-0.25, -0.2) is 13.2 Å². The summed E-state index contributed by atoms with van der Waals surface area (Å²) in [7, 11) is 0. The molecule has 8 nitrogen and oxygen atoms in total. The number of nitrogens with zero attached hydrogens (tertiary/aromatic N) is 6. The predicted octanol–water partition coefficient (Wildman–Crippen LogP) is 4.81. The molecule has 2 fully saturated rings. The molecule has 0 aliphatic carbocycles. The van der Waals surface area contributed by atoms with Crippen LogP contribution in [0.1, 0.15) is 25.0 Å². The Balaban J connectivity index is 1.32. The number of nitrogens with one attached hydrogen (secondary N) is 1. The second-order valence-corrected chi connectivity index (χ2v) is 9.51. The second kappa shape index (κ2) is 10.5. The lowest BCUT2D eigenvalue weighted by atomic mass is 10.0. The largest absolute Gasteiger partial charge is 0.382 e. The van der Waals surface area contributed by atoms with Crippen LogP contribution >= 0.6 is 0 Å². The maximum atomic E-state index is 14.1. The summed E-state index contributed by atoms with van der Waals surface area (Å²) in [5.41, 5.74) is 1.34. The zero-order valence-electron chi connectivity index (χ0n) is 20.7. The number of alkyl halides is 2. The summed E-state index contributed by atoms with van der Waals surface area (Å²) in [5.74, 6) is 0.838. The number of morpholine rings is 1. The van der Waals surface area contributed by atoms with Gasteiger partial charge in [-0.3, -0.25) is 4.57 Å². The minimum absolute atomic E-state index is 0.154. The zero-order chi connectivity index (χ0) is 26.1. The molecule has 2 aromatic heterocycles. The van der Waals surface area contributed by atoms with Crippen LogP contribution in [0.25, 0.3) is 16.9 Å². The summed E-state index contributed by atoms with van der Waals surface area (Å²) in [6.45, 7) is 3.68. The molecular formula is C27H28F3N7O. The quantitative estimate of drug-likeness (QED) is 0.389. The molecule has 11 heteroatoms. The van der Waals surface area contributed by atoms with Crippen LogP contribution in [0.2, 0.25) is 0 Å². The van der Waals surface area contributed by atoms with Gasteiger partial charge in [-0.1, -0.05) is 18.2 Å². The van der Waals surface area contributed by atoms with Crippen molar-refractivity contribution < 1.29 is 17.9 Å². The van der Waals surface area contributed by atoms with Crippen molar-refractivity contribution in [2.24, 2.45) is 0 Å². The molecule has 2 aromatic carbocycles. The number of para-hydroxylation sites is 1. The van der Waals surface area contributed by atoms with Gasteiger partial charge in [0.1, 0.15) is 5.82 Å². The number of halogens is 3. The monoisotopic (exact) mass is 523 g/mol. The maximum Gasteiger partial charge on any atom is 0.278 e. The van der Waals surface area contributed by atoms with Gasteiger partial charge in [0, 0.05) is 43.3 Å². The highest BCUT2D eigenvalue weighted by Crippen LogP contribution is 2.31. The molecule has 0 spiro atoms. The van der Waals surface area contributed by atoms with Crippen molar-refractivity contribution in [3.05, 3.63) is 66.1 Å². The molecule has 4 aromatic rings. The fraction of sp³-hybridized carbons (Fsp3) is 0.370. The van der Waals surface area contributed by atoms with Crippen molar-refractivity contribution in [3.63, 3.8) is 0 Å². The number of piperidine rings is 1. The van der Waals surface area contributed by atoms with Crippen LogP contribution in [0.5, 0.6) is 0 Å². The average Bonchev–Trinajstić information content (AvgIpc) is 3.35. The number of ether oxygens (including phenoxy) is 1. The van der Waals surface area contributed by atoms with E-state index in [1.165, 1.54) is 22.8 Å². The first-order valence-corrected chi connectivity index (χ1v) is 12.8.